The molecule has 0 unspecified atom stereocenters. The fraction of sp³-hybridized carbons (Fsp3) is 0.583. The zero-order valence-corrected chi connectivity index (χ0v) is 10.0. The number of aliphatic hydroxyl groups excluding tert-OH is 1. The monoisotopic (exact) mass is 240 g/mol. The number of halogens is 1. The lowest BCUT2D eigenvalue weighted by Crippen LogP contribution is -2.24. The maximum Gasteiger partial charge on any atom is 0.0634 e. The predicted molar refractivity (Wildman–Crippen MR) is 64.3 cm³/mol. The third kappa shape index (κ3) is 2.94. The Morgan fingerprint density at radius 3 is 2.94 bits per heavy atom. The topological polar surface area (TPSA) is 45.1 Å². The van der Waals surface area contributed by atoms with Gasteiger partial charge in [0.15, 0.2) is 0 Å². The van der Waals surface area contributed by atoms with Gasteiger partial charge >= 0.3 is 0 Å². The molecule has 4 heteroatoms. The molecule has 0 saturated heterocycles. The fourth-order valence-corrected chi connectivity index (χ4v) is 2.12. The Hall–Kier alpha value is -0.640. The number of aliphatic hydroxyl groups is 1. The van der Waals surface area contributed by atoms with E-state index >= 15 is 0 Å². The summed E-state index contributed by atoms with van der Waals surface area (Å²) in [7, 11) is 0. The van der Waals surface area contributed by atoms with Crippen LogP contribution in [0.1, 0.15) is 24.8 Å². The average Bonchev–Trinajstić information content (AvgIpc) is 3.02. The van der Waals surface area contributed by atoms with Gasteiger partial charge in [0.1, 0.15) is 0 Å². The van der Waals surface area contributed by atoms with Gasteiger partial charge in [-0.1, -0.05) is 11.6 Å². The molecule has 3 nitrogen and oxygen atoms in total. The molecule has 0 amide bonds. The van der Waals surface area contributed by atoms with Gasteiger partial charge in [-0.3, -0.25) is 4.98 Å². The lowest BCUT2D eigenvalue weighted by molar-refractivity contribution is 0.245. The van der Waals surface area contributed by atoms with E-state index in [4.69, 9.17) is 16.7 Å². The summed E-state index contributed by atoms with van der Waals surface area (Å²) in [5.74, 6) is 0. The van der Waals surface area contributed by atoms with E-state index in [0.717, 1.165) is 25.1 Å². The molecule has 1 aliphatic carbocycles. The van der Waals surface area contributed by atoms with E-state index in [9.17, 15) is 0 Å². The number of nitrogens with zero attached hydrogens (tertiary/aromatic N) is 1. The highest BCUT2D eigenvalue weighted by atomic mass is 35.5. The molecule has 1 saturated carbocycles. The number of nitrogens with one attached hydrogen (secondary N) is 1. The highest BCUT2D eigenvalue weighted by molar-refractivity contribution is 6.31. The Morgan fingerprint density at radius 1 is 1.50 bits per heavy atom. The van der Waals surface area contributed by atoms with Crippen molar-refractivity contribution in [3.05, 3.63) is 29.0 Å². The minimum absolute atomic E-state index is 0.289. The summed E-state index contributed by atoms with van der Waals surface area (Å²) < 4.78 is 0. The number of pyridine rings is 1. The molecule has 0 aliphatic heterocycles. The van der Waals surface area contributed by atoms with Crippen LogP contribution in [0.2, 0.25) is 5.02 Å². The van der Waals surface area contributed by atoms with Gasteiger partial charge in [0.05, 0.1) is 5.02 Å². The van der Waals surface area contributed by atoms with Gasteiger partial charge in [0.2, 0.25) is 0 Å². The molecule has 0 spiro atoms. The first-order valence-electron chi connectivity index (χ1n) is 5.66. The molecule has 0 atom stereocenters. The molecule has 1 aromatic heterocycles. The zero-order chi connectivity index (χ0) is 11.4. The Kier molecular flexibility index (Phi) is 3.79. The second-order valence-corrected chi connectivity index (χ2v) is 4.95. The van der Waals surface area contributed by atoms with E-state index in [-0.39, 0.29) is 6.61 Å². The summed E-state index contributed by atoms with van der Waals surface area (Å²) in [5, 5.41) is 13.1. The van der Waals surface area contributed by atoms with Crippen LogP contribution in [0.3, 0.4) is 0 Å². The lowest BCUT2D eigenvalue weighted by Gasteiger charge is -2.14. The molecular formula is C12H17ClN2O. The van der Waals surface area contributed by atoms with Crippen LogP contribution in [0, 0.1) is 5.41 Å². The summed E-state index contributed by atoms with van der Waals surface area (Å²) in [6, 6.07) is 1.93. The van der Waals surface area contributed by atoms with Crippen molar-refractivity contribution in [2.24, 2.45) is 5.41 Å². The summed E-state index contributed by atoms with van der Waals surface area (Å²) >= 11 is 6.01. The van der Waals surface area contributed by atoms with Crippen molar-refractivity contribution in [2.75, 3.05) is 13.2 Å². The average molecular weight is 241 g/mol. The molecule has 88 valence electrons. The third-order valence-corrected chi connectivity index (χ3v) is 3.61. The largest absolute Gasteiger partial charge is 0.396 e. The van der Waals surface area contributed by atoms with Crippen LogP contribution in [0.4, 0.5) is 0 Å². The van der Waals surface area contributed by atoms with Crippen LogP contribution in [0.25, 0.3) is 0 Å². The first-order chi connectivity index (χ1) is 7.76. The van der Waals surface area contributed by atoms with Crippen LogP contribution in [-0.4, -0.2) is 23.2 Å². The van der Waals surface area contributed by atoms with Crippen LogP contribution >= 0.6 is 11.6 Å². The molecule has 1 aromatic rings. The molecule has 0 bridgehead atoms. The van der Waals surface area contributed by atoms with Crippen molar-refractivity contribution >= 4 is 11.6 Å². The smallest absolute Gasteiger partial charge is 0.0634 e. The van der Waals surface area contributed by atoms with E-state index in [1.54, 1.807) is 12.4 Å². The normalized spacial score (nSPS) is 17.4. The van der Waals surface area contributed by atoms with Gasteiger partial charge in [0, 0.05) is 32.1 Å². The molecule has 1 fully saturated rings. The Labute approximate surface area is 101 Å². The van der Waals surface area contributed by atoms with Crippen molar-refractivity contribution < 1.29 is 5.11 Å². The number of hydrogen-bond donors (Lipinski definition) is 2. The van der Waals surface area contributed by atoms with E-state index in [2.05, 4.69) is 10.3 Å². The van der Waals surface area contributed by atoms with Gasteiger partial charge in [0.25, 0.3) is 0 Å². The molecule has 2 rings (SSSR count). The molecular weight excluding hydrogens is 224 g/mol. The minimum Gasteiger partial charge on any atom is -0.396 e. The van der Waals surface area contributed by atoms with Crippen molar-refractivity contribution in [3.8, 4) is 0 Å². The Balaban J connectivity index is 1.78. The molecule has 0 aromatic carbocycles. The first-order valence-corrected chi connectivity index (χ1v) is 6.04. The zero-order valence-electron chi connectivity index (χ0n) is 9.25. The van der Waals surface area contributed by atoms with Crippen LogP contribution < -0.4 is 5.32 Å². The maximum atomic E-state index is 8.95. The van der Waals surface area contributed by atoms with E-state index in [1.165, 1.54) is 12.8 Å². The van der Waals surface area contributed by atoms with E-state index < -0.39 is 0 Å². The van der Waals surface area contributed by atoms with Crippen LogP contribution in [-0.2, 0) is 6.54 Å². The van der Waals surface area contributed by atoms with Crippen molar-refractivity contribution in [2.45, 2.75) is 25.8 Å². The molecule has 1 aliphatic rings. The van der Waals surface area contributed by atoms with Gasteiger partial charge < -0.3 is 10.4 Å². The first kappa shape index (κ1) is 11.8. The minimum atomic E-state index is 0.289. The maximum absolute atomic E-state index is 8.95. The van der Waals surface area contributed by atoms with Crippen molar-refractivity contribution in [3.63, 3.8) is 0 Å². The van der Waals surface area contributed by atoms with Gasteiger partial charge in [-0.25, -0.2) is 0 Å². The summed E-state index contributed by atoms with van der Waals surface area (Å²) in [6.45, 7) is 2.03. The summed E-state index contributed by atoms with van der Waals surface area (Å²) in [5.41, 5.74) is 1.44. The number of rotatable bonds is 6. The number of hydrogen-bond acceptors (Lipinski definition) is 3. The summed E-state index contributed by atoms with van der Waals surface area (Å²) in [6.07, 6.45) is 6.78. The highest BCUT2D eigenvalue weighted by Gasteiger charge is 2.41. The molecule has 1 heterocycles. The van der Waals surface area contributed by atoms with Crippen molar-refractivity contribution in [1.82, 2.24) is 10.3 Å². The van der Waals surface area contributed by atoms with Crippen molar-refractivity contribution in [1.29, 1.82) is 0 Å². The second kappa shape index (κ2) is 5.13. The highest BCUT2D eigenvalue weighted by Crippen LogP contribution is 2.47. The standard InChI is InChI=1S/C12H17ClN2O/c13-11-8-14-5-1-10(11)7-15-9-12(2-3-12)4-6-16/h1,5,8,15-16H,2-4,6-7,9H2. The fourth-order valence-electron chi connectivity index (χ4n) is 1.94. The summed E-state index contributed by atoms with van der Waals surface area (Å²) in [4.78, 5) is 3.95. The van der Waals surface area contributed by atoms with Gasteiger partial charge in [-0.2, -0.15) is 0 Å². The second-order valence-electron chi connectivity index (χ2n) is 4.54. The third-order valence-electron chi connectivity index (χ3n) is 3.27. The van der Waals surface area contributed by atoms with Crippen LogP contribution in [0.15, 0.2) is 18.5 Å². The Bertz CT molecular complexity index is 353. The van der Waals surface area contributed by atoms with E-state index in [1.807, 2.05) is 6.07 Å². The SMILES string of the molecule is OCCC1(CNCc2ccncc2Cl)CC1. The quantitative estimate of drug-likeness (QED) is 0.800. The molecule has 2 N–H and O–H groups in total. The van der Waals surface area contributed by atoms with Gasteiger partial charge in [-0.15, -0.1) is 0 Å². The molecule has 0 radical (unpaired) electrons. The predicted octanol–water partition coefficient (Wildman–Crippen LogP) is 1.99. The number of aromatic nitrogens is 1. The van der Waals surface area contributed by atoms with Gasteiger partial charge in [-0.05, 0) is 36.3 Å². The lowest BCUT2D eigenvalue weighted by atomic mass is 10.0. The van der Waals surface area contributed by atoms with E-state index in [0.29, 0.717) is 10.4 Å². The molecule has 16 heavy (non-hydrogen) atoms. The van der Waals surface area contributed by atoms with Crippen LogP contribution in [0.5, 0.6) is 0 Å². The Morgan fingerprint density at radius 2 is 2.31 bits per heavy atom.